The Labute approximate surface area is 296 Å². The van der Waals surface area contributed by atoms with Crippen LogP contribution in [0.15, 0.2) is 90.8 Å². The van der Waals surface area contributed by atoms with Gasteiger partial charge in [0.05, 0.1) is 5.76 Å². The fourth-order valence-electron chi connectivity index (χ4n) is 7.36. The van der Waals surface area contributed by atoms with Gasteiger partial charge in [0.1, 0.15) is 5.82 Å². The van der Waals surface area contributed by atoms with Crippen molar-refractivity contribution in [3.8, 4) is 11.3 Å². The van der Waals surface area contributed by atoms with Gasteiger partial charge in [-0.1, -0.05) is 107 Å². The minimum absolute atomic E-state index is 0. The molecule has 0 atom stereocenters. The van der Waals surface area contributed by atoms with E-state index in [4.69, 9.17) is 4.98 Å². The van der Waals surface area contributed by atoms with E-state index < -0.39 is 0 Å². The van der Waals surface area contributed by atoms with Crippen LogP contribution in [0.2, 0.25) is 0 Å². The van der Waals surface area contributed by atoms with Crippen LogP contribution in [0.3, 0.4) is 0 Å². The fraction of sp³-hybridized carbons (Fsp3) is 0.302. The number of ketones is 1. The van der Waals surface area contributed by atoms with Crippen LogP contribution in [0.4, 0.5) is 4.39 Å². The fourth-order valence-corrected chi connectivity index (χ4v) is 7.36. The molecule has 1 aliphatic carbocycles. The van der Waals surface area contributed by atoms with E-state index in [1.807, 2.05) is 46.0 Å². The maximum atomic E-state index is 14.6. The molecular weight excluding hydrogens is 774 g/mol. The predicted octanol–water partition coefficient (Wildman–Crippen LogP) is 11.8. The average Bonchev–Trinajstić information content (AvgIpc) is 3.08. The van der Waals surface area contributed by atoms with Crippen molar-refractivity contribution >= 4 is 48.9 Å². The quantitative estimate of drug-likeness (QED) is 0.0756. The molecule has 48 heavy (non-hydrogen) atoms. The molecular formula is C43H43FIrNO2-. The number of hydrogen-bond donors (Lipinski definition) is 1. The third-order valence-corrected chi connectivity index (χ3v) is 10.3. The van der Waals surface area contributed by atoms with E-state index >= 15 is 0 Å². The van der Waals surface area contributed by atoms with Crippen LogP contribution in [0.25, 0.3) is 54.3 Å². The van der Waals surface area contributed by atoms with Gasteiger partial charge in [-0.15, -0.1) is 23.6 Å². The third-order valence-electron chi connectivity index (χ3n) is 10.3. The van der Waals surface area contributed by atoms with Crippen molar-refractivity contribution in [2.75, 3.05) is 0 Å². The zero-order valence-electron chi connectivity index (χ0n) is 28.6. The molecule has 1 aromatic heterocycles. The zero-order valence-corrected chi connectivity index (χ0v) is 31.0. The largest absolute Gasteiger partial charge is 0.512 e. The number of rotatable bonds is 7. The van der Waals surface area contributed by atoms with E-state index in [1.54, 1.807) is 6.07 Å². The summed E-state index contributed by atoms with van der Waals surface area (Å²) in [6, 6.07) is 28.0. The first-order valence-corrected chi connectivity index (χ1v) is 17.0. The molecule has 3 nitrogen and oxygen atoms in total. The van der Waals surface area contributed by atoms with Crippen LogP contribution >= 0.6 is 0 Å². The van der Waals surface area contributed by atoms with Crippen molar-refractivity contribution in [3.05, 3.63) is 114 Å². The second kappa shape index (κ2) is 14.3. The van der Waals surface area contributed by atoms with Crippen molar-refractivity contribution < 1.29 is 34.4 Å². The molecule has 5 aromatic carbocycles. The molecule has 0 unspecified atom stereocenters. The van der Waals surface area contributed by atoms with Crippen molar-refractivity contribution in [1.82, 2.24) is 4.98 Å². The molecule has 0 amide bonds. The van der Waals surface area contributed by atoms with Gasteiger partial charge in [0, 0.05) is 55.3 Å². The number of nitrogens with zero attached hydrogens (tertiary/aromatic N) is 1. The molecule has 1 radical (unpaired) electrons. The summed E-state index contributed by atoms with van der Waals surface area (Å²) in [5.74, 6) is 0.366. The van der Waals surface area contributed by atoms with E-state index in [1.165, 1.54) is 34.0 Å². The number of pyridine rings is 1. The smallest absolute Gasteiger partial charge is 0.162 e. The van der Waals surface area contributed by atoms with Crippen LogP contribution in [0, 0.1) is 23.7 Å². The molecule has 1 N–H and O–H groups in total. The van der Waals surface area contributed by atoms with Gasteiger partial charge >= 0.3 is 0 Å². The van der Waals surface area contributed by atoms with Gasteiger partial charge in [-0.3, -0.25) is 9.78 Å². The topological polar surface area (TPSA) is 50.2 Å². The van der Waals surface area contributed by atoms with Gasteiger partial charge in [0.2, 0.25) is 0 Å². The van der Waals surface area contributed by atoms with Crippen molar-refractivity contribution in [1.29, 1.82) is 0 Å². The Morgan fingerprint density at radius 3 is 2.19 bits per heavy atom. The van der Waals surface area contributed by atoms with Gasteiger partial charge in [-0.05, 0) is 75.7 Å². The van der Waals surface area contributed by atoms with Gasteiger partial charge in [-0.2, -0.15) is 0 Å². The van der Waals surface area contributed by atoms with Crippen molar-refractivity contribution in [2.45, 2.75) is 72.6 Å². The molecule has 0 aliphatic heterocycles. The Bertz CT molecular complexity index is 2180. The Morgan fingerprint density at radius 1 is 0.812 bits per heavy atom. The zero-order chi connectivity index (χ0) is 33.5. The molecule has 249 valence electrons. The van der Waals surface area contributed by atoms with Crippen LogP contribution in [-0.2, 0) is 30.3 Å². The van der Waals surface area contributed by atoms with E-state index in [-0.39, 0.29) is 54.7 Å². The number of carbonyl (C=O) groups excluding carboxylic acids is 1. The molecule has 1 aliphatic rings. The predicted molar refractivity (Wildman–Crippen MR) is 194 cm³/mol. The van der Waals surface area contributed by atoms with Gasteiger partial charge in [-0.25, -0.2) is 4.39 Å². The maximum absolute atomic E-state index is 14.6. The van der Waals surface area contributed by atoms with E-state index in [0.717, 1.165) is 63.9 Å². The van der Waals surface area contributed by atoms with Gasteiger partial charge in [0.25, 0.3) is 0 Å². The van der Waals surface area contributed by atoms with Crippen LogP contribution in [0.1, 0.15) is 78.4 Å². The van der Waals surface area contributed by atoms with Crippen LogP contribution < -0.4 is 0 Å². The number of aliphatic hydroxyl groups is 1. The second-order valence-corrected chi connectivity index (χ2v) is 13.3. The van der Waals surface area contributed by atoms with E-state index in [0.29, 0.717) is 5.39 Å². The standard InChI is InChI=1S/C30H19FN.C13H24O2.Ir/c1-30(2)25-15-18-7-4-3-6-17(18)14-24(25)29-28-22(12-13-32-29)20-10-11-21-19(8-5-9-27(21)31)23(20)16-26(28)30;1-5-10(6-2)12(14)9-13(15)11(7-3)8-4;/h3-13,15-16H,1-2H3;9-11,14H,5-8H2,1-4H3;/q-1;;/b;12-9-;. The molecule has 0 fully saturated rings. The molecule has 1 heterocycles. The summed E-state index contributed by atoms with van der Waals surface area (Å²) in [5, 5.41) is 18.2. The van der Waals surface area contributed by atoms with Gasteiger partial charge < -0.3 is 5.11 Å². The number of aliphatic hydroxyl groups excluding tert-OH is 1. The third kappa shape index (κ3) is 6.08. The summed E-state index contributed by atoms with van der Waals surface area (Å²) in [7, 11) is 0. The molecule has 5 heteroatoms. The van der Waals surface area contributed by atoms with Crippen LogP contribution in [-0.4, -0.2) is 15.9 Å². The second-order valence-electron chi connectivity index (χ2n) is 13.3. The number of benzene rings is 5. The maximum Gasteiger partial charge on any atom is 0.162 e. The first kappa shape index (κ1) is 35.4. The number of fused-ring (bicyclic) bond motifs is 7. The summed E-state index contributed by atoms with van der Waals surface area (Å²) < 4.78 is 14.6. The number of halogens is 1. The first-order valence-electron chi connectivity index (χ1n) is 17.0. The Morgan fingerprint density at radius 2 is 1.48 bits per heavy atom. The monoisotopic (exact) mass is 817 g/mol. The minimum atomic E-state index is -0.242. The molecule has 6 aromatic rings. The molecule has 0 spiro atoms. The summed E-state index contributed by atoms with van der Waals surface area (Å²) >= 11 is 0. The number of hydrogen-bond acceptors (Lipinski definition) is 3. The first-order chi connectivity index (χ1) is 22.6. The summed E-state index contributed by atoms with van der Waals surface area (Å²) in [4.78, 5) is 16.6. The van der Waals surface area contributed by atoms with Crippen molar-refractivity contribution in [3.63, 3.8) is 0 Å². The molecule has 0 bridgehead atoms. The Balaban J connectivity index is 0.000000243. The average molecular weight is 817 g/mol. The summed E-state index contributed by atoms with van der Waals surface area (Å²) in [5.41, 5.74) is 4.29. The number of aromatic nitrogens is 1. The number of carbonyl (C=O) groups is 1. The van der Waals surface area contributed by atoms with Crippen LogP contribution in [0.5, 0.6) is 0 Å². The molecule has 0 saturated heterocycles. The van der Waals surface area contributed by atoms with E-state index in [2.05, 4.69) is 68.4 Å². The SMILES string of the molecule is CC1(C)c2cc3ccccc3[c-]c2-c2nccc3c2c1cc1c2cccc(F)c2ccc31.CCC(CC)C(=O)/C=C(\O)C(CC)CC.[Ir]. The number of allylic oxidation sites excluding steroid dienone is 2. The normalized spacial score (nSPS) is 13.5. The molecule has 0 saturated carbocycles. The Hall–Kier alpha value is -3.92. The van der Waals surface area contributed by atoms with E-state index in [9.17, 15) is 14.3 Å². The summed E-state index contributed by atoms with van der Waals surface area (Å²) in [6.07, 6.45) is 6.80. The Kier molecular flexibility index (Phi) is 10.5. The van der Waals surface area contributed by atoms with Gasteiger partial charge in [0.15, 0.2) is 5.78 Å². The molecule has 7 rings (SSSR count). The summed E-state index contributed by atoms with van der Waals surface area (Å²) in [6.45, 7) is 12.6. The van der Waals surface area contributed by atoms with Crippen molar-refractivity contribution in [2.24, 2.45) is 11.8 Å². The minimum Gasteiger partial charge on any atom is -0.512 e.